The number of aryl methyl sites for hydroxylation is 1. The molecule has 1 atom stereocenters. The van der Waals surface area contributed by atoms with Gasteiger partial charge in [-0.3, -0.25) is 4.98 Å². The van der Waals surface area contributed by atoms with Crippen LogP contribution in [0, 0.1) is 6.92 Å². The topological polar surface area (TPSA) is 76.4 Å². The molecule has 0 aliphatic rings. The number of carbonyl (C=O) groups is 1. The van der Waals surface area contributed by atoms with Gasteiger partial charge in [0.05, 0.1) is 13.2 Å². The smallest absolute Gasteiger partial charge is 0.315 e. The minimum atomic E-state index is -0.254. The Labute approximate surface area is 146 Å². The van der Waals surface area contributed by atoms with Crippen molar-refractivity contribution < 1.29 is 13.9 Å². The average Bonchev–Trinajstić information content (AvgIpc) is 2.97. The highest BCUT2D eigenvalue weighted by molar-refractivity contribution is 5.84. The molecule has 0 radical (unpaired) electrons. The second-order valence-corrected chi connectivity index (χ2v) is 5.86. The van der Waals surface area contributed by atoms with E-state index in [4.69, 9.17) is 9.15 Å². The number of fused-ring (bicyclic) bond motifs is 1. The molecule has 130 valence electrons. The SMILES string of the molecule is COc1ccc2oc([C@H](C)NC(=O)NCc3ccncc3)c(C)c2c1. The van der Waals surface area contributed by atoms with Crippen LogP contribution in [0.4, 0.5) is 4.79 Å². The number of methoxy groups -OCH3 is 1. The predicted octanol–water partition coefficient (Wildman–Crippen LogP) is 3.71. The molecule has 2 heterocycles. The monoisotopic (exact) mass is 339 g/mol. The molecule has 0 unspecified atom stereocenters. The third kappa shape index (κ3) is 3.74. The summed E-state index contributed by atoms with van der Waals surface area (Å²) in [5.74, 6) is 1.51. The van der Waals surface area contributed by atoms with Gasteiger partial charge in [-0.1, -0.05) is 0 Å². The van der Waals surface area contributed by atoms with E-state index in [1.54, 1.807) is 19.5 Å². The zero-order chi connectivity index (χ0) is 17.8. The number of furan rings is 1. The number of nitrogens with zero attached hydrogens (tertiary/aromatic N) is 1. The summed E-state index contributed by atoms with van der Waals surface area (Å²) in [6, 6.07) is 8.89. The Kier molecular flexibility index (Phi) is 4.88. The molecule has 2 aromatic heterocycles. The van der Waals surface area contributed by atoms with E-state index in [1.807, 2.05) is 44.2 Å². The number of amides is 2. The molecule has 1 aromatic carbocycles. The lowest BCUT2D eigenvalue weighted by Gasteiger charge is -2.13. The van der Waals surface area contributed by atoms with Gasteiger partial charge in [-0.25, -0.2) is 4.79 Å². The maximum Gasteiger partial charge on any atom is 0.315 e. The second-order valence-electron chi connectivity index (χ2n) is 5.86. The molecule has 3 rings (SSSR count). The van der Waals surface area contributed by atoms with Crippen molar-refractivity contribution in [2.75, 3.05) is 7.11 Å². The first-order valence-electron chi connectivity index (χ1n) is 8.09. The van der Waals surface area contributed by atoms with Crippen LogP contribution < -0.4 is 15.4 Å². The molecule has 0 aliphatic heterocycles. The van der Waals surface area contributed by atoms with Gasteiger partial charge in [0, 0.05) is 29.9 Å². The Morgan fingerprint density at radius 3 is 2.76 bits per heavy atom. The van der Waals surface area contributed by atoms with Gasteiger partial charge >= 0.3 is 6.03 Å². The van der Waals surface area contributed by atoms with E-state index in [1.165, 1.54) is 0 Å². The fourth-order valence-electron chi connectivity index (χ4n) is 2.76. The van der Waals surface area contributed by atoms with E-state index in [9.17, 15) is 4.79 Å². The van der Waals surface area contributed by atoms with Crippen LogP contribution in [0.5, 0.6) is 5.75 Å². The first-order valence-corrected chi connectivity index (χ1v) is 8.09. The van der Waals surface area contributed by atoms with Crippen molar-refractivity contribution in [3.63, 3.8) is 0 Å². The average molecular weight is 339 g/mol. The van der Waals surface area contributed by atoms with E-state index < -0.39 is 0 Å². The molecule has 2 N–H and O–H groups in total. The number of aromatic nitrogens is 1. The van der Waals surface area contributed by atoms with Crippen molar-refractivity contribution in [3.8, 4) is 5.75 Å². The van der Waals surface area contributed by atoms with Crippen LogP contribution in [0.2, 0.25) is 0 Å². The molecule has 0 saturated heterocycles. The first-order chi connectivity index (χ1) is 12.1. The van der Waals surface area contributed by atoms with Gasteiger partial charge < -0.3 is 19.8 Å². The van der Waals surface area contributed by atoms with Crippen LogP contribution in [0.1, 0.15) is 29.9 Å². The summed E-state index contributed by atoms with van der Waals surface area (Å²) < 4.78 is 11.2. The fourth-order valence-corrected chi connectivity index (χ4v) is 2.76. The minimum absolute atomic E-state index is 0.248. The third-order valence-corrected chi connectivity index (χ3v) is 4.12. The molecule has 6 heteroatoms. The summed E-state index contributed by atoms with van der Waals surface area (Å²) >= 11 is 0. The van der Waals surface area contributed by atoms with Gasteiger partial charge in [0.15, 0.2) is 0 Å². The summed E-state index contributed by atoms with van der Waals surface area (Å²) in [7, 11) is 1.63. The van der Waals surface area contributed by atoms with Gasteiger partial charge in [0.2, 0.25) is 0 Å². The Morgan fingerprint density at radius 1 is 1.28 bits per heavy atom. The van der Waals surface area contributed by atoms with Crippen LogP contribution in [-0.4, -0.2) is 18.1 Å². The standard InChI is InChI=1S/C19H21N3O3/c1-12-16-10-15(24-3)4-5-17(16)25-18(12)13(2)22-19(23)21-11-14-6-8-20-9-7-14/h4-10,13H,11H2,1-3H3,(H2,21,22,23)/t13-/m0/s1. The van der Waals surface area contributed by atoms with Gasteiger partial charge in [0.1, 0.15) is 17.1 Å². The van der Waals surface area contributed by atoms with Gasteiger partial charge in [-0.15, -0.1) is 0 Å². The number of pyridine rings is 1. The molecule has 6 nitrogen and oxygen atoms in total. The summed E-state index contributed by atoms with van der Waals surface area (Å²) in [4.78, 5) is 16.1. The Morgan fingerprint density at radius 2 is 2.04 bits per heavy atom. The fraction of sp³-hybridized carbons (Fsp3) is 0.263. The normalized spacial score (nSPS) is 12.0. The lowest BCUT2D eigenvalue weighted by Crippen LogP contribution is -2.36. The van der Waals surface area contributed by atoms with Gasteiger partial charge in [-0.05, 0) is 49.7 Å². The highest BCUT2D eigenvalue weighted by atomic mass is 16.5. The molecule has 0 bridgehead atoms. The Balaban J connectivity index is 1.68. The van der Waals surface area contributed by atoms with Crippen molar-refractivity contribution >= 4 is 17.0 Å². The van der Waals surface area contributed by atoms with E-state index in [-0.39, 0.29) is 12.1 Å². The van der Waals surface area contributed by atoms with Crippen molar-refractivity contribution in [1.82, 2.24) is 15.6 Å². The van der Waals surface area contributed by atoms with Gasteiger partial charge in [-0.2, -0.15) is 0 Å². The van der Waals surface area contributed by atoms with E-state index in [0.29, 0.717) is 6.54 Å². The van der Waals surface area contributed by atoms with E-state index in [0.717, 1.165) is 33.6 Å². The van der Waals surface area contributed by atoms with Crippen molar-refractivity contribution in [2.24, 2.45) is 0 Å². The highest BCUT2D eigenvalue weighted by Crippen LogP contribution is 2.31. The predicted molar refractivity (Wildman–Crippen MR) is 95.5 cm³/mol. The number of ether oxygens (including phenoxy) is 1. The Hall–Kier alpha value is -3.02. The van der Waals surface area contributed by atoms with Crippen molar-refractivity contribution in [2.45, 2.75) is 26.4 Å². The molecule has 2 amide bonds. The third-order valence-electron chi connectivity index (χ3n) is 4.12. The van der Waals surface area contributed by atoms with Gasteiger partial charge in [0.25, 0.3) is 0 Å². The molecular formula is C19H21N3O3. The molecule has 0 saturated carbocycles. The number of rotatable bonds is 5. The maximum atomic E-state index is 12.1. The second kappa shape index (κ2) is 7.25. The first kappa shape index (κ1) is 16.8. The molecule has 0 aliphatic carbocycles. The number of hydrogen-bond acceptors (Lipinski definition) is 4. The summed E-state index contributed by atoms with van der Waals surface area (Å²) in [6.07, 6.45) is 3.40. The van der Waals surface area contributed by atoms with Crippen LogP contribution in [0.15, 0.2) is 47.1 Å². The zero-order valence-electron chi connectivity index (χ0n) is 14.5. The van der Waals surface area contributed by atoms with Crippen molar-refractivity contribution in [1.29, 1.82) is 0 Å². The molecule has 0 spiro atoms. The quantitative estimate of drug-likeness (QED) is 0.743. The van der Waals surface area contributed by atoms with Crippen molar-refractivity contribution in [3.05, 3.63) is 59.6 Å². The summed E-state index contributed by atoms with van der Waals surface area (Å²) in [6.45, 7) is 4.32. The largest absolute Gasteiger partial charge is 0.497 e. The number of hydrogen-bond donors (Lipinski definition) is 2. The summed E-state index contributed by atoms with van der Waals surface area (Å²) in [5.41, 5.74) is 2.76. The summed E-state index contributed by atoms with van der Waals surface area (Å²) in [5, 5.41) is 6.72. The van der Waals surface area contributed by atoms with Crippen LogP contribution in [0.25, 0.3) is 11.0 Å². The molecular weight excluding hydrogens is 318 g/mol. The van der Waals surface area contributed by atoms with Crippen LogP contribution in [-0.2, 0) is 6.54 Å². The lowest BCUT2D eigenvalue weighted by molar-refractivity contribution is 0.236. The lowest BCUT2D eigenvalue weighted by atomic mass is 10.1. The molecule has 0 fully saturated rings. The van der Waals surface area contributed by atoms with Crippen LogP contribution >= 0.6 is 0 Å². The zero-order valence-corrected chi connectivity index (χ0v) is 14.5. The minimum Gasteiger partial charge on any atom is -0.497 e. The van der Waals surface area contributed by atoms with E-state index >= 15 is 0 Å². The molecule has 3 aromatic rings. The maximum absolute atomic E-state index is 12.1. The van der Waals surface area contributed by atoms with Crippen LogP contribution in [0.3, 0.4) is 0 Å². The number of benzene rings is 1. The van der Waals surface area contributed by atoms with E-state index in [2.05, 4.69) is 15.6 Å². The highest BCUT2D eigenvalue weighted by Gasteiger charge is 2.18. The number of urea groups is 1. The number of nitrogens with one attached hydrogen (secondary N) is 2. The Bertz CT molecular complexity index is 874. The number of carbonyl (C=O) groups excluding carboxylic acids is 1. The molecule has 25 heavy (non-hydrogen) atoms.